The summed E-state index contributed by atoms with van der Waals surface area (Å²) in [5, 5.41) is 11.2. The predicted octanol–water partition coefficient (Wildman–Crippen LogP) is 0.0170. The van der Waals surface area contributed by atoms with Crippen molar-refractivity contribution in [3.63, 3.8) is 0 Å². The van der Waals surface area contributed by atoms with Gasteiger partial charge in [0.25, 0.3) is 5.91 Å². The molecule has 0 unspecified atom stereocenters. The quantitative estimate of drug-likeness (QED) is 0.552. The highest BCUT2D eigenvalue weighted by Crippen LogP contribution is 1.98. The Morgan fingerprint density at radius 2 is 2.22 bits per heavy atom. The van der Waals surface area contributed by atoms with Crippen molar-refractivity contribution in [3.8, 4) is 0 Å². The summed E-state index contributed by atoms with van der Waals surface area (Å²) in [5.41, 5.74) is -1.31. The molecule has 0 aromatic rings. The normalized spacial score (nSPS) is 10.6. The number of rotatable bonds is 2. The Morgan fingerprint density at radius 3 is 2.33 bits per heavy atom. The molecule has 0 aliphatic rings. The standard InChI is InChI=1S/C6H11NO2/c1-4-7-5(8)6(2,3)9/h4,9H,1H2,2-3H3,(H,7,8). The molecule has 0 saturated carbocycles. The number of hydrogen-bond acceptors (Lipinski definition) is 2. The van der Waals surface area contributed by atoms with Gasteiger partial charge in [0.2, 0.25) is 0 Å². The van der Waals surface area contributed by atoms with Crippen LogP contribution in [0.5, 0.6) is 0 Å². The van der Waals surface area contributed by atoms with Crippen molar-refractivity contribution in [2.24, 2.45) is 0 Å². The van der Waals surface area contributed by atoms with E-state index in [1.165, 1.54) is 20.0 Å². The lowest BCUT2D eigenvalue weighted by Crippen LogP contribution is -2.39. The molecule has 1 amide bonds. The van der Waals surface area contributed by atoms with Gasteiger partial charge in [-0.25, -0.2) is 0 Å². The van der Waals surface area contributed by atoms with Crippen LogP contribution in [0.25, 0.3) is 0 Å². The van der Waals surface area contributed by atoms with Crippen LogP contribution >= 0.6 is 0 Å². The maximum absolute atomic E-state index is 10.6. The van der Waals surface area contributed by atoms with Gasteiger partial charge in [-0.2, -0.15) is 0 Å². The van der Waals surface area contributed by atoms with E-state index in [9.17, 15) is 4.79 Å². The third-order valence-electron chi connectivity index (χ3n) is 0.789. The second kappa shape index (κ2) is 2.64. The van der Waals surface area contributed by atoms with Gasteiger partial charge in [-0.3, -0.25) is 4.79 Å². The number of hydrogen-bond donors (Lipinski definition) is 2. The zero-order chi connectivity index (χ0) is 7.49. The molecule has 0 atom stereocenters. The van der Waals surface area contributed by atoms with Crippen LogP contribution in [0.2, 0.25) is 0 Å². The summed E-state index contributed by atoms with van der Waals surface area (Å²) in [4.78, 5) is 10.6. The number of aliphatic hydroxyl groups is 1. The summed E-state index contributed by atoms with van der Waals surface area (Å²) in [5.74, 6) is -0.447. The molecule has 3 nitrogen and oxygen atoms in total. The van der Waals surface area contributed by atoms with Crippen LogP contribution < -0.4 is 5.32 Å². The Labute approximate surface area is 54.4 Å². The zero-order valence-electron chi connectivity index (χ0n) is 5.64. The maximum atomic E-state index is 10.6. The molecular formula is C6H11NO2. The minimum atomic E-state index is -1.31. The smallest absolute Gasteiger partial charge is 0.255 e. The summed E-state index contributed by atoms with van der Waals surface area (Å²) in [6.07, 6.45) is 1.24. The number of carbonyl (C=O) groups excluding carboxylic acids is 1. The average molecular weight is 129 g/mol. The van der Waals surface area contributed by atoms with E-state index in [-0.39, 0.29) is 0 Å². The SMILES string of the molecule is C=CNC(=O)C(C)(C)O. The third-order valence-corrected chi connectivity index (χ3v) is 0.789. The lowest BCUT2D eigenvalue weighted by atomic mass is 10.1. The molecule has 52 valence electrons. The Bertz CT molecular complexity index is 124. The number of carbonyl (C=O) groups is 1. The first-order valence-corrected chi connectivity index (χ1v) is 2.62. The fourth-order valence-corrected chi connectivity index (χ4v) is 0.269. The van der Waals surface area contributed by atoms with Gasteiger partial charge < -0.3 is 10.4 Å². The Morgan fingerprint density at radius 1 is 1.78 bits per heavy atom. The molecule has 3 heteroatoms. The molecule has 0 fully saturated rings. The van der Waals surface area contributed by atoms with Gasteiger partial charge >= 0.3 is 0 Å². The van der Waals surface area contributed by atoms with Crippen molar-refractivity contribution in [2.45, 2.75) is 19.4 Å². The van der Waals surface area contributed by atoms with E-state index in [0.29, 0.717) is 0 Å². The first-order chi connectivity index (χ1) is 3.98. The Hall–Kier alpha value is -0.830. The van der Waals surface area contributed by atoms with Gasteiger partial charge in [0.1, 0.15) is 5.60 Å². The third kappa shape index (κ3) is 2.87. The van der Waals surface area contributed by atoms with Crippen molar-refractivity contribution in [3.05, 3.63) is 12.8 Å². The molecule has 0 aliphatic carbocycles. The summed E-state index contributed by atoms with van der Waals surface area (Å²) in [7, 11) is 0. The second-order valence-corrected chi connectivity index (χ2v) is 2.24. The van der Waals surface area contributed by atoms with E-state index in [0.717, 1.165) is 0 Å². The highest BCUT2D eigenvalue weighted by Gasteiger charge is 2.21. The topological polar surface area (TPSA) is 49.3 Å². The minimum absolute atomic E-state index is 0.447. The molecule has 2 N–H and O–H groups in total. The fraction of sp³-hybridized carbons (Fsp3) is 0.500. The molecule has 0 spiro atoms. The predicted molar refractivity (Wildman–Crippen MR) is 34.6 cm³/mol. The summed E-state index contributed by atoms with van der Waals surface area (Å²) >= 11 is 0. The van der Waals surface area contributed by atoms with Crippen LogP contribution in [0, 0.1) is 0 Å². The molecule has 0 saturated heterocycles. The first-order valence-electron chi connectivity index (χ1n) is 2.62. The zero-order valence-corrected chi connectivity index (χ0v) is 5.64. The van der Waals surface area contributed by atoms with Crippen LogP contribution in [-0.4, -0.2) is 16.6 Å². The van der Waals surface area contributed by atoms with Crippen molar-refractivity contribution >= 4 is 5.91 Å². The van der Waals surface area contributed by atoms with Gasteiger partial charge in [0, 0.05) is 0 Å². The van der Waals surface area contributed by atoms with Crippen LogP contribution in [-0.2, 0) is 4.79 Å². The molecule has 0 rings (SSSR count). The van der Waals surface area contributed by atoms with Gasteiger partial charge in [-0.05, 0) is 20.0 Å². The highest BCUT2D eigenvalue weighted by molar-refractivity contribution is 5.84. The van der Waals surface area contributed by atoms with E-state index in [1.54, 1.807) is 0 Å². The Balaban J connectivity index is 3.88. The lowest BCUT2D eigenvalue weighted by Gasteiger charge is -2.13. The summed E-state index contributed by atoms with van der Waals surface area (Å²) < 4.78 is 0. The van der Waals surface area contributed by atoms with Gasteiger partial charge in [-0.15, -0.1) is 0 Å². The summed E-state index contributed by atoms with van der Waals surface area (Å²) in [6.45, 7) is 6.09. The molecule has 0 aromatic heterocycles. The van der Waals surface area contributed by atoms with Crippen molar-refractivity contribution in [1.82, 2.24) is 5.32 Å². The van der Waals surface area contributed by atoms with Crippen LogP contribution in [0.15, 0.2) is 12.8 Å². The fourth-order valence-electron chi connectivity index (χ4n) is 0.269. The van der Waals surface area contributed by atoms with Gasteiger partial charge in [-0.1, -0.05) is 6.58 Å². The summed E-state index contributed by atoms with van der Waals surface area (Å²) in [6, 6.07) is 0. The van der Waals surface area contributed by atoms with Gasteiger partial charge in [0.05, 0.1) is 0 Å². The molecule has 9 heavy (non-hydrogen) atoms. The average Bonchev–Trinajstić information content (AvgIpc) is 1.64. The van der Waals surface area contributed by atoms with Crippen molar-refractivity contribution < 1.29 is 9.90 Å². The lowest BCUT2D eigenvalue weighted by molar-refractivity contribution is -0.135. The minimum Gasteiger partial charge on any atom is -0.381 e. The van der Waals surface area contributed by atoms with Crippen LogP contribution in [0.1, 0.15) is 13.8 Å². The van der Waals surface area contributed by atoms with E-state index in [4.69, 9.17) is 5.11 Å². The number of nitrogens with one attached hydrogen (secondary N) is 1. The van der Waals surface area contributed by atoms with Crippen molar-refractivity contribution in [2.75, 3.05) is 0 Å². The largest absolute Gasteiger partial charge is 0.381 e. The molecule has 0 bridgehead atoms. The highest BCUT2D eigenvalue weighted by atomic mass is 16.3. The first kappa shape index (κ1) is 8.17. The maximum Gasteiger partial charge on any atom is 0.255 e. The second-order valence-electron chi connectivity index (χ2n) is 2.24. The van der Waals surface area contributed by atoms with E-state index in [2.05, 4.69) is 11.9 Å². The number of amides is 1. The van der Waals surface area contributed by atoms with E-state index < -0.39 is 11.5 Å². The molecule has 0 radical (unpaired) electrons. The van der Waals surface area contributed by atoms with E-state index in [1.807, 2.05) is 0 Å². The molecular weight excluding hydrogens is 118 g/mol. The van der Waals surface area contributed by atoms with Crippen LogP contribution in [0.4, 0.5) is 0 Å². The molecule has 0 heterocycles. The van der Waals surface area contributed by atoms with Crippen LogP contribution in [0.3, 0.4) is 0 Å². The van der Waals surface area contributed by atoms with Crippen molar-refractivity contribution in [1.29, 1.82) is 0 Å². The molecule has 0 aliphatic heterocycles. The van der Waals surface area contributed by atoms with Gasteiger partial charge in [0.15, 0.2) is 0 Å². The monoisotopic (exact) mass is 129 g/mol. The van der Waals surface area contributed by atoms with E-state index >= 15 is 0 Å². The molecule has 0 aromatic carbocycles. The Kier molecular flexibility index (Phi) is 2.40.